The number of hydrogen-bond donors (Lipinski definition) is 1. The molecule has 0 aliphatic heterocycles. The number of hydrogen-bond acceptors (Lipinski definition) is 3. The molecule has 0 atom stereocenters. The minimum atomic E-state index is -0.620. The molecule has 0 spiro atoms. The summed E-state index contributed by atoms with van der Waals surface area (Å²) in [6.45, 7) is 1.36. The number of aromatic nitrogens is 1. The van der Waals surface area contributed by atoms with Crippen molar-refractivity contribution in [3.63, 3.8) is 0 Å². The van der Waals surface area contributed by atoms with Crippen molar-refractivity contribution >= 4 is 29.0 Å². The molecule has 1 heterocycles. The average Bonchev–Trinajstić information content (AvgIpc) is 2.41. The third-order valence-electron chi connectivity index (χ3n) is 2.61. The number of nitrogens with zero attached hydrogens (tertiary/aromatic N) is 1. The maximum absolute atomic E-state index is 13.6. The topological polar surface area (TPSA) is 59.1 Å². The van der Waals surface area contributed by atoms with Crippen LogP contribution in [0.1, 0.15) is 27.6 Å². The quantitative estimate of drug-likeness (QED) is 0.697. The number of anilines is 1. The molecule has 0 unspecified atom stereocenters. The minimum Gasteiger partial charge on any atom is -0.319 e. The predicted molar refractivity (Wildman–Crippen MR) is 73.6 cm³/mol. The van der Waals surface area contributed by atoms with Gasteiger partial charge in [-0.3, -0.25) is 9.59 Å². The van der Waals surface area contributed by atoms with Crippen LogP contribution in [0.3, 0.4) is 0 Å². The summed E-state index contributed by atoms with van der Waals surface area (Å²) in [6.07, 6.45) is 1.28. The minimum absolute atomic E-state index is 0.0577. The van der Waals surface area contributed by atoms with Crippen LogP contribution in [-0.2, 0) is 0 Å². The summed E-state index contributed by atoms with van der Waals surface area (Å²) in [5.74, 6) is -1.37. The van der Waals surface area contributed by atoms with E-state index in [1.54, 1.807) is 0 Å². The van der Waals surface area contributed by atoms with Gasteiger partial charge in [-0.15, -0.1) is 0 Å². The van der Waals surface area contributed by atoms with Gasteiger partial charge in [0.2, 0.25) is 0 Å². The van der Waals surface area contributed by atoms with Crippen molar-refractivity contribution in [1.29, 1.82) is 0 Å². The van der Waals surface area contributed by atoms with Crippen LogP contribution in [0.2, 0.25) is 5.15 Å². The van der Waals surface area contributed by atoms with Crippen LogP contribution in [-0.4, -0.2) is 16.7 Å². The number of rotatable bonds is 3. The molecule has 2 rings (SSSR count). The van der Waals surface area contributed by atoms with Gasteiger partial charge in [-0.25, -0.2) is 9.37 Å². The number of ketones is 1. The van der Waals surface area contributed by atoms with Crippen molar-refractivity contribution in [1.82, 2.24) is 4.98 Å². The molecule has 1 amide bonds. The van der Waals surface area contributed by atoms with Crippen molar-refractivity contribution in [2.24, 2.45) is 0 Å². The molecule has 2 aromatic rings. The van der Waals surface area contributed by atoms with Gasteiger partial charge in [-0.2, -0.15) is 0 Å². The Bertz CT molecular complexity index is 671. The number of Topliss-reactive ketones (excluding diaryl/α,β-unsaturated/α-hetero) is 1. The van der Waals surface area contributed by atoms with Crippen molar-refractivity contribution in [3.8, 4) is 0 Å². The lowest BCUT2D eigenvalue weighted by Crippen LogP contribution is -2.13. The standard InChI is InChI=1S/C14H10ClFN2O2/c1-8(19)9-2-4-11(16)12(6-9)18-14(20)10-3-5-13(15)17-7-10/h2-7H,1H3,(H,18,20). The maximum atomic E-state index is 13.6. The zero-order chi connectivity index (χ0) is 14.7. The monoisotopic (exact) mass is 292 g/mol. The number of nitrogens with one attached hydrogen (secondary N) is 1. The van der Waals surface area contributed by atoms with Crippen LogP contribution in [0.5, 0.6) is 0 Å². The van der Waals surface area contributed by atoms with Crippen LogP contribution in [0.15, 0.2) is 36.5 Å². The first-order valence-electron chi connectivity index (χ1n) is 5.71. The first-order chi connectivity index (χ1) is 9.47. The van der Waals surface area contributed by atoms with E-state index in [1.165, 1.54) is 37.4 Å². The lowest BCUT2D eigenvalue weighted by molar-refractivity contribution is 0.101. The van der Waals surface area contributed by atoms with Crippen molar-refractivity contribution in [3.05, 3.63) is 58.6 Å². The number of amides is 1. The van der Waals surface area contributed by atoms with Gasteiger partial charge >= 0.3 is 0 Å². The van der Waals surface area contributed by atoms with Crippen molar-refractivity contribution in [2.75, 3.05) is 5.32 Å². The van der Waals surface area contributed by atoms with E-state index in [0.717, 1.165) is 6.07 Å². The van der Waals surface area contributed by atoms with Gasteiger partial charge in [0.05, 0.1) is 11.3 Å². The zero-order valence-corrected chi connectivity index (χ0v) is 11.2. The molecule has 1 aromatic carbocycles. The summed E-state index contributed by atoms with van der Waals surface area (Å²) >= 11 is 5.62. The molecule has 0 saturated carbocycles. The van der Waals surface area contributed by atoms with Gasteiger partial charge in [0, 0.05) is 11.8 Å². The Balaban J connectivity index is 2.25. The smallest absolute Gasteiger partial charge is 0.257 e. The van der Waals surface area contributed by atoms with E-state index in [-0.39, 0.29) is 22.2 Å². The third kappa shape index (κ3) is 3.19. The molecule has 4 nitrogen and oxygen atoms in total. The normalized spacial score (nSPS) is 10.2. The summed E-state index contributed by atoms with van der Waals surface area (Å²) in [5, 5.41) is 2.65. The Labute approximate surface area is 119 Å². The van der Waals surface area contributed by atoms with Crippen LogP contribution >= 0.6 is 11.6 Å². The molecule has 1 aromatic heterocycles. The summed E-state index contributed by atoms with van der Waals surface area (Å²) in [4.78, 5) is 26.9. The van der Waals surface area contributed by atoms with Crippen LogP contribution in [0, 0.1) is 5.82 Å². The molecular weight excluding hydrogens is 283 g/mol. The first kappa shape index (κ1) is 14.1. The zero-order valence-electron chi connectivity index (χ0n) is 10.5. The van der Waals surface area contributed by atoms with E-state index in [1.807, 2.05) is 0 Å². The second-order valence-corrected chi connectivity index (χ2v) is 4.46. The van der Waals surface area contributed by atoms with E-state index >= 15 is 0 Å². The number of carbonyl (C=O) groups excluding carboxylic acids is 2. The van der Waals surface area contributed by atoms with Crippen LogP contribution in [0.25, 0.3) is 0 Å². The van der Waals surface area contributed by atoms with E-state index in [2.05, 4.69) is 10.3 Å². The fourth-order valence-corrected chi connectivity index (χ4v) is 1.66. The van der Waals surface area contributed by atoms with Gasteiger partial charge in [-0.05, 0) is 37.3 Å². The Morgan fingerprint density at radius 1 is 1.20 bits per heavy atom. The van der Waals surface area contributed by atoms with Crippen LogP contribution < -0.4 is 5.32 Å². The Kier molecular flexibility index (Phi) is 4.10. The molecule has 0 saturated heterocycles. The maximum Gasteiger partial charge on any atom is 0.257 e. The van der Waals surface area contributed by atoms with Crippen molar-refractivity contribution in [2.45, 2.75) is 6.92 Å². The molecule has 6 heteroatoms. The highest BCUT2D eigenvalue weighted by atomic mass is 35.5. The van der Waals surface area contributed by atoms with Crippen molar-refractivity contribution < 1.29 is 14.0 Å². The van der Waals surface area contributed by atoms with Gasteiger partial charge in [0.15, 0.2) is 5.78 Å². The fraction of sp³-hybridized carbons (Fsp3) is 0.0714. The fourth-order valence-electron chi connectivity index (χ4n) is 1.54. The second-order valence-electron chi connectivity index (χ2n) is 4.07. The van der Waals surface area contributed by atoms with Gasteiger partial charge < -0.3 is 5.32 Å². The summed E-state index contributed by atoms with van der Waals surface area (Å²) in [6, 6.07) is 6.71. The second kappa shape index (κ2) is 5.79. The van der Waals surface area contributed by atoms with E-state index in [0.29, 0.717) is 5.56 Å². The Hall–Kier alpha value is -2.27. The van der Waals surface area contributed by atoms with Crippen LogP contribution in [0.4, 0.5) is 10.1 Å². The SMILES string of the molecule is CC(=O)c1ccc(F)c(NC(=O)c2ccc(Cl)nc2)c1. The molecule has 0 aliphatic carbocycles. The van der Waals surface area contributed by atoms with E-state index in [4.69, 9.17) is 11.6 Å². The Morgan fingerprint density at radius 2 is 1.90 bits per heavy atom. The molecule has 0 radical (unpaired) electrons. The molecule has 0 bridgehead atoms. The number of carbonyl (C=O) groups is 2. The lowest BCUT2D eigenvalue weighted by atomic mass is 10.1. The molecule has 20 heavy (non-hydrogen) atoms. The third-order valence-corrected chi connectivity index (χ3v) is 2.83. The lowest BCUT2D eigenvalue weighted by Gasteiger charge is -2.07. The highest BCUT2D eigenvalue weighted by Crippen LogP contribution is 2.18. The molecule has 0 fully saturated rings. The molecule has 102 valence electrons. The van der Waals surface area contributed by atoms with Gasteiger partial charge in [0.25, 0.3) is 5.91 Å². The number of halogens is 2. The largest absolute Gasteiger partial charge is 0.319 e. The summed E-state index contributed by atoms with van der Waals surface area (Å²) in [5.41, 5.74) is 0.496. The molecular formula is C14H10ClFN2O2. The molecule has 0 aliphatic rings. The average molecular weight is 293 g/mol. The summed E-state index contributed by atoms with van der Waals surface area (Å²) < 4.78 is 13.6. The highest BCUT2D eigenvalue weighted by Gasteiger charge is 2.11. The van der Waals surface area contributed by atoms with Gasteiger partial charge in [0.1, 0.15) is 11.0 Å². The van der Waals surface area contributed by atoms with Gasteiger partial charge in [-0.1, -0.05) is 11.6 Å². The first-order valence-corrected chi connectivity index (χ1v) is 6.08. The Morgan fingerprint density at radius 3 is 2.50 bits per heavy atom. The number of benzene rings is 1. The van der Waals surface area contributed by atoms with E-state index < -0.39 is 11.7 Å². The van der Waals surface area contributed by atoms with E-state index in [9.17, 15) is 14.0 Å². The number of pyridine rings is 1. The summed E-state index contributed by atoms with van der Waals surface area (Å²) in [7, 11) is 0. The molecule has 1 N–H and O–H groups in total. The highest BCUT2D eigenvalue weighted by molar-refractivity contribution is 6.29. The predicted octanol–water partition coefficient (Wildman–Crippen LogP) is 3.33.